The van der Waals surface area contributed by atoms with Gasteiger partial charge < -0.3 is 15.8 Å². The number of hydrogen-bond acceptors (Lipinski definition) is 4. The lowest BCUT2D eigenvalue weighted by atomic mass is 10.1. The first kappa shape index (κ1) is 19.6. The summed E-state index contributed by atoms with van der Waals surface area (Å²) in [6.45, 7) is 5.36. The minimum Gasteiger partial charge on any atom is -0.481 e. The van der Waals surface area contributed by atoms with Gasteiger partial charge in [0.15, 0.2) is 6.10 Å². The maximum Gasteiger partial charge on any atom is 0.265 e. The fourth-order valence-electron chi connectivity index (χ4n) is 2.84. The number of nitrogens with one attached hydrogen (secondary N) is 1. The SMILES string of the molecule is Cc1sc(NC(=O)[C@@H](C)Oc2ccc(-c3ccccc3)cc2)c(C(N)=O)c1C. The van der Waals surface area contributed by atoms with E-state index in [0.29, 0.717) is 16.3 Å². The molecule has 1 atom stereocenters. The fourth-order valence-corrected chi connectivity index (χ4v) is 3.91. The van der Waals surface area contributed by atoms with E-state index < -0.39 is 12.0 Å². The Labute approximate surface area is 168 Å². The summed E-state index contributed by atoms with van der Waals surface area (Å²) in [5.74, 6) is -0.297. The normalized spacial score (nSPS) is 11.7. The highest BCUT2D eigenvalue weighted by atomic mass is 32.1. The molecule has 0 unspecified atom stereocenters. The van der Waals surface area contributed by atoms with Crippen molar-refractivity contribution in [3.05, 3.63) is 70.6 Å². The molecule has 3 aromatic rings. The van der Waals surface area contributed by atoms with Crippen LogP contribution in [0.2, 0.25) is 0 Å². The smallest absolute Gasteiger partial charge is 0.265 e. The highest BCUT2D eigenvalue weighted by Gasteiger charge is 2.22. The predicted octanol–water partition coefficient (Wildman–Crippen LogP) is 4.54. The van der Waals surface area contributed by atoms with Gasteiger partial charge >= 0.3 is 0 Å². The van der Waals surface area contributed by atoms with Crippen LogP contribution in [0.4, 0.5) is 5.00 Å². The van der Waals surface area contributed by atoms with E-state index in [1.165, 1.54) is 11.3 Å². The summed E-state index contributed by atoms with van der Waals surface area (Å²) in [4.78, 5) is 25.2. The van der Waals surface area contributed by atoms with Crippen molar-refractivity contribution in [3.8, 4) is 16.9 Å². The van der Waals surface area contributed by atoms with Gasteiger partial charge in [-0.2, -0.15) is 0 Å². The largest absolute Gasteiger partial charge is 0.481 e. The highest BCUT2D eigenvalue weighted by molar-refractivity contribution is 7.16. The molecule has 0 radical (unpaired) electrons. The van der Waals surface area contributed by atoms with Gasteiger partial charge in [-0.25, -0.2) is 0 Å². The Bertz CT molecular complexity index is 995. The molecule has 0 saturated carbocycles. The second-order valence-corrected chi connectivity index (χ2v) is 7.72. The van der Waals surface area contributed by atoms with E-state index >= 15 is 0 Å². The Morgan fingerprint density at radius 3 is 2.21 bits per heavy atom. The van der Waals surface area contributed by atoms with Crippen LogP contribution in [0.5, 0.6) is 5.75 Å². The third-order valence-corrected chi connectivity index (χ3v) is 5.63. The van der Waals surface area contributed by atoms with Crippen LogP contribution in [0.25, 0.3) is 11.1 Å². The van der Waals surface area contributed by atoms with Gasteiger partial charge in [-0.15, -0.1) is 11.3 Å². The van der Waals surface area contributed by atoms with Crippen molar-refractivity contribution >= 4 is 28.2 Å². The summed E-state index contributed by atoms with van der Waals surface area (Å²) >= 11 is 1.33. The van der Waals surface area contributed by atoms with Crippen molar-refractivity contribution in [1.29, 1.82) is 0 Å². The first-order chi connectivity index (χ1) is 13.4. The lowest BCUT2D eigenvalue weighted by Crippen LogP contribution is -2.30. The molecule has 3 rings (SSSR count). The number of anilines is 1. The summed E-state index contributed by atoms with van der Waals surface area (Å²) in [6.07, 6.45) is -0.731. The van der Waals surface area contributed by atoms with Crippen LogP contribution in [0.3, 0.4) is 0 Å². The number of carbonyl (C=O) groups is 2. The van der Waals surface area contributed by atoms with Gasteiger partial charge in [0.25, 0.3) is 11.8 Å². The molecule has 2 amide bonds. The molecule has 1 heterocycles. The van der Waals surface area contributed by atoms with E-state index in [1.54, 1.807) is 6.92 Å². The van der Waals surface area contributed by atoms with Crippen molar-refractivity contribution in [2.24, 2.45) is 5.73 Å². The zero-order chi connectivity index (χ0) is 20.3. The molecular formula is C22H22N2O3S. The molecule has 5 nitrogen and oxygen atoms in total. The lowest BCUT2D eigenvalue weighted by molar-refractivity contribution is -0.122. The third kappa shape index (κ3) is 4.23. The number of hydrogen-bond donors (Lipinski definition) is 2. The summed E-state index contributed by atoms with van der Waals surface area (Å²) in [7, 11) is 0. The molecule has 0 spiro atoms. The molecule has 0 aliphatic heterocycles. The molecule has 144 valence electrons. The van der Waals surface area contributed by atoms with Crippen LogP contribution in [-0.2, 0) is 4.79 Å². The number of thiophene rings is 1. The van der Waals surface area contributed by atoms with Gasteiger partial charge in [0, 0.05) is 4.88 Å². The Morgan fingerprint density at radius 1 is 1.00 bits per heavy atom. The van der Waals surface area contributed by atoms with Gasteiger partial charge in [-0.1, -0.05) is 42.5 Å². The highest BCUT2D eigenvalue weighted by Crippen LogP contribution is 2.32. The van der Waals surface area contributed by atoms with Crippen LogP contribution < -0.4 is 15.8 Å². The van der Waals surface area contributed by atoms with Gasteiger partial charge in [0.1, 0.15) is 10.8 Å². The third-order valence-electron chi connectivity index (χ3n) is 4.51. The summed E-state index contributed by atoms with van der Waals surface area (Å²) in [5, 5.41) is 3.23. The minimum absolute atomic E-state index is 0.337. The molecule has 0 aliphatic rings. The lowest BCUT2D eigenvalue weighted by Gasteiger charge is -2.15. The fraction of sp³-hybridized carbons (Fsp3) is 0.182. The molecule has 0 fully saturated rings. The summed E-state index contributed by atoms with van der Waals surface area (Å²) in [6, 6.07) is 17.6. The van der Waals surface area contributed by atoms with E-state index in [4.69, 9.17) is 10.5 Å². The van der Waals surface area contributed by atoms with E-state index in [2.05, 4.69) is 5.32 Å². The molecule has 0 aliphatic carbocycles. The maximum atomic E-state index is 12.5. The Kier molecular flexibility index (Phi) is 5.80. The first-order valence-corrected chi connectivity index (χ1v) is 9.71. The van der Waals surface area contributed by atoms with Crippen LogP contribution in [0.1, 0.15) is 27.7 Å². The predicted molar refractivity (Wildman–Crippen MR) is 113 cm³/mol. The molecule has 2 aromatic carbocycles. The second kappa shape index (κ2) is 8.27. The standard InChI is InChI=1S/C22H22N2O3S/c1-13-15(3)28-22(19(13)20(23)25)24-21(26)14(2)27-18-11-9-17(10-12-18)16-7-5-4-6-8-16/h4-12,14H,1-3H3,(H2,23,25)(H,24,26)/t14-/m1/s1. The minimum atomic E-state index is -0.731. The summed E-state index contributed by atoms with van der Waals surface area (Å²) in [5.41, 5.74) is 8.78. The Hall–Kier alpha value is -3.12. The molecule has 0 bridgehead atoms. The van der Waals surface area contributed by atoms with Gasteiger partial charge in [-0.3, -0.25) is 9.59 Å². The van der Waals surface area contributed by atoms with E-state index in [0.717, 1.165) is 21.6 Å². The quantitative estimate of drug-likeness (QED) is 0.644. The van der Waals surface area contributed by atoms with Crippen LogP contribution >= 0.6 is 11.3 Å². The molecule has 1 aromatic heterocycles. The number of nitrogens with two attached hydrogens (primary N) is 1. The topological polar surface area (TPSA) is 81.4 Å². The van der Waals surface area contributed by atoms with Gasteiger partial charge in [-0.05, 0) is 49.6 Å². The number of benzene rings is 2. The van der Waals surface area contributed by atoms with Crippen LogP contribution in [-0.4, -0.2) is 17.9 Å². The van der Waals surface area contributed by atoms with Crippen molar-refractivity contribution in [2.75, 3.05) is 5.32 Å². The molecule has 28 heavy (non-hydrogen) atoms. The van der Waals surface area contributed by atoms with Crippen molar-refractivity contribution in [1.82, 2.24) is 0 Å². The number of aryl methyl sites for hydroxylation is 1. The zero-order valence-electron chi connectivity index (χ0n) is 16.0. The molecular weight excluding hydrogens is 372 g/mol. The monoisotopic (exact) mass is 394 g/mol. The van der Waals surface area contributed by atoms with Crippen molar-refractivity contribution < 1.29 is 14.3 Å². The van der Waals surface area contributed by atoms with E-state index in [1.807, 2.05) is 68.4 Å². The second-order valence-electron chi connectivity index (χ2n) is 6.49. The van der Waals surface area contributed by atoms with E-state index in [-0.39, 0.29) is 5.91 Å². The number of ether oxygens (including phenoxy) is 1. The van der Waals surface area contributed by atoms with Gasteiger partial charge in [0.2, 0.25) is 0 Å². The van der Waals surface area contributed by atoms with Gasteiger partial charge in [0.05, 0.1) is 5.56 Å². The average molecular weight is 394 g/mol. The number of amides is 2. The average Bonchev–Trinajstić information content (AvgIpc) is 2.96. The number of rotatable bonds is 6. The molecule has 0 saturated heterocycles. The summed E-state index contributed by atoms with van der Waals surface area (Å²) < 4.78 is 5.75. The molecule has 3 N–H and O–H groups in total. The first-order valence-electron chi connectivity index (χ1n) is 8.89. The Balaban J connectivity index is 1.68. The Morgan fingerprint density at radius 2 is 1.61 bits per heavy atom. The van der Waals surface area contributed by atoms with Crippen LogP contribution in [0, 0.1) is 13.8 Å². The number of carbonyl (C=O) groups excluding carboxylic acids is 2. The van der Waals surface area contributed by atoms with E-state index in [9.17, 15) is 9.59 Å². The van der Waals surface area contributed by atoms with Crippen molar-refractivity contribution in [3.63, 3.8) is 0 Å². The van der Waals surface area contributed by atoms with Crippen molar-refractivity contribution in [2.45, 2.75) is 26.9 Å². The number of primary amides is 1. The molecule has 6 heteroatoms. The zero-order valence-corrected chi connectivity index (χ0v) is 16.8. The maximum absolute atomic E-state index is 12.5. The van der Waals surface area contributed by atoms with Crippen LogP contribution in [0.15, 0.2) is 54.6 Å².